The number of benzene rings is 3. The summed E-state index contributed by atoms with van der Waals surface area (Å²) < 4.78 is 26.6. The largest absolute Gasteiger partial charge is 0.321 e. The van der Waals surface area contributed by atoms with E-state index >= 15 is 0 Å². The van der Waals surface area contributed by atoms with Gasteiger partial charge in [0.05, 0.1) is 10.6 Å². The van der Waals surface area contributed by atoms with Crippen molar-refractivity contribution >= 4 is 39.0 Å². The highest BCUT2D eigenvalue weighted by Crippen LogP contribution is 2.25. The Balaban J connectivity index is 1.86. The van der Waals surface area contributed by atoms with Crippen molar-refractivity contribution in [2.45, 2.75) is 18.7 Å². The average Bonchev–Trinajstić information content (AvgIpc) is 2.81. The van der Waals surface area contributed by atoms with E-state index in [4.69, 9.17) is 11.6 Å². The van der Waals surface area contributed by atoms with Crippen molar-refractivity contribution in [1.29, 1.82) is 0 Å². The Bertz CT molecular complexity index is 1220. The van der Waals surface area contributed by atoms with E-state index in [9.17, 15) is 18.0 Å². The molecule has 6 nitrogen and oxygen atoms in total. The second-order valence-electron chi connectivity index (χ2n) is 6.95. The summed E-state index contributed by atoms with van der Waals surface area (Å²) in [6.07, 6.45) is 0. The summed E-state index contributed by atoms with van der Waals surface area (Å²) in [5.41, 5.74) is 1.30. The standard InChI is InChI=1S/C24H23ClN2O4S/c1-3-27(4-2)32(30,31)20-13-10-18(11-14-20)24(29)26-22-15-12-19(25)16-21(22)23(28)17-8-6-5-7-9-17/h5-16H,3-4H2,1-2H3,(H,26,29). The van der Waals surface area contributed by atoms with Crippen LogP contribution in [0.5, 0.6) is 0 Å². The van der Waals surface area contributed by atoms with Gasteiger partial charge in [-0.05, 0) is 42.5 Å². The molecule has 0 unspecified atom stereocenters. The second kappa shape index (κ2) is 10.1. The Morgan fingerprint density at radius 2 is 1.50 bits per heavy atom. The Labute approximate surface area is 192 Å². The molecule has 0 aliphatic carbocycles. The van der Waals surface area contributed by atoms with Gasteiger partial charge in [-0.1, -0.05) is 55.8 Å². The number of sulfonamides is 1. The summed E-state index contributed by atoms with van der Waals surface area (Å²) in [6.45, 7) is 4.25. The maximum atomic E-state index is 12.9. The summed E-state index contributed by atoms with van der Waals surface area (Å²) in [4.78, 5) is 25.8. The third-order valence-electron chi connectivity index (χ3n) is 4.97. The molecular weight excluding hydrogens is 448 g/mol. The summed E-state index contributed by atoms with van der Waals surface area (Å²) in [7, 11) is -3.61. The van der Waals surface area contributed by atoms with Crippen molar-refractivity contribution in [2.75, 3.05) is 18.4 Å². The highest BCUT2D eigenvalue weighted by atomic mass is 35.5. The molecule has 0 aromatic heterocycles. The fourth-order valence-electron chi connectivity index (χ4n) is 3.24. The number of nitrogens with zero attached hydrogens (tertiary/aromatic N) is 1. The van der Waals surface area contributed by atoms with Gasteiger partial charge < -0.3 is 5.32 Å². The molecule has 0 bridgehead atoms. The molecule has 0 aliphatic rings. The summed E-state index contributed by atoms with van der Waals surface area (Å²) in [5, 5.41) is 3.10. The molecule has 32 heavy (non-hydrogen) atoms. The fourth-order valence-corrected chi connectivity index (χ4v) is 4.87. The van der Waals surface area contributed by atoms with Crippen LogP contribution in [-0.4, -0.2) is 37.5 Å². The minimum atomic E-state index is -3.61. The average molecular weight is 471 g/mol. The van der Waals surface area contributed by atoms with E-state index in [1.165, 1.54) is 34.6 Å². The Hall–Kier alpha value is -3.00. The molecule has 0 fully saturated rings. The fraction of sp³-hybridized carbons (Fsp3) is 0.167. The van der Waals surface area contributed by atoms with Crippen LogP contribution in [0.1, 0.15) is 40.1 Å². The first kappa shape index (κ1) is 23.7. The molecule has 0 saturated carbocycles. The van der Waals surface area contributed by atoms with Gasteiger partial charge >= 0.3 is 0 Å². The van der Waals surface area contributed by atoms with Crippen LogP contribution in [0.2, 0.25) is 5.02 Å². The molecule has 3 aromatic rings. The van der Waals surface area contributed by atoms with Crippen molar-refractivity contribution in [1.82, 2.24) is 4.31 Å². The minimum absolute atomic E-state index is 0.115. The van der Waals surface area contributed by atoms with Crippen molar-refractivity contribution in [3.8, 4) is 0 Å². The summed E-state index contributed by atoms with van der Waals surface area (Å²) >= 11 is 6.09. The number of rotatable bonds is 8. The highest BCUT2D eigenvalue weighted by molar-refractivity contribution is 7.89. The van der Waals surface area contributed by atoms with Crippen LogP contribution >= 0.6 is 11.6 Å². The van der Waals surface area contributed by atoms with Crippen molar-refractivity contribution in [3.63, 3.8) is 0 Å². The van der Waals surface area contributed by atoms with Crippen LogP contribution < -0.4 is 5.32 Å². The summed E-state index contributed by atoms with van der Waals surface area (Å²) in [6, 6.07) is 19.0. The zero-order valence-corrected chi connectivity index (χ0v) is 19.3. The van der Waals surface area contributed by atoms with Gasteiger partial charge in [-0.3, -0.25) is 9.59 Å². The lowest BCUT2D eigenvalue weighted by Gasteiger charge is -2.18. The number of amides is 1. The number of halogens is 1. The molecule has 3 rings (SSSR count). The number of hydrogen-bond donors (Lipinski definition) is 1. The number of carbonyl (C=O) groups excluding carboxylic acids is 2. The first-order chi connectivity index (χ1) is 15.3. The quantitative estimate of drug-likeness (QED) is 0.477. The first-order valence-electron chi connectivity index (χ1n) is 10.1. The van der Waals surface area contributed by atoms with Crippen LogP contribution in [0.15, 0.2) is 77.7 Å². The SMILES string of the molecule is CCN(CC)S(=O)(=O)c1ccc(C(=O)Nc2ccc(Cl)cc2C(=O)c2ccccc2)cc1. The molecule has 0 saturated heterocycles. The lowest BCUT2D eigenvalue weighted by atomic mass is 10.0. The van der Waals surface area contributed by atoms with Gasteiger partial charge in [0.1, 0.15) is 0 Å². The maximum absolute atomic E-state index is 12.9. The normalized spacial score (nSPS) is 11.4. The molecule has 1 amide bonds. The number of nitrogens with one attached hydrogen (secondary N) is 1. The van der Waals surface area contributed by atoms with E-state index in [0.29, 0.717) is 29.4 Å². The topological polar surface area (TPSA) is 83.6 Å². The van der Waals surface area contributed by atoms with E-state index < -0.39 is 15.9 Å². The Morgan fingerprint density at radius 1 is 0.875 bits per heavy atom. The molecule has 0 atom stereocenters. The van der Waals surface area contributed by atoms with Crippen LogP contribution in [-0.2, 0) is 10.0 Å². The van der Waals surface area contributed by atoms with Gasteiger partial charge in [-0.25, -0.2) is 8.42 Å². The van der Waals surface area contributed by atoms with Crippen molar-refractivity contribution in [2.24, 2.45) is 0 Å². The third-order valence-corrected chi connectivity index (χ3v) is 7.27. The predicted octanol–water partition coefficient (Wildman–Crippen LogP) is 4.85. The van der Waals surface area contributed by atoms with Gasteiger partial charge in [0, 0.05) is 34.8 Å². The van der Waals surface area contributed by atoms with Crippen molar-refractivity contribution in [3.05, 3.63) is 94.5 Å². The second-order valence-corrected chi connectivity index (χ2v) is 9.33. The van der Waals surface area contributed by atoms with E-state index in [1.807, 2.05) is 6.07 Å². The Kier molecular flexibility index (Phi) is 7.45. The molecule has 0 aliphatic heterocycles. The maximum Gasteiger partial charge on any atom is 0.255 e. The van der Waals surface area contributed by atoms with Gasteiger partial charge in [0.15, 0.2) is 5.78 Å². The molecule has 166 valence electrons. The number of ketones is 1. The highest BCUT2D eigenvalue weighted by Gasteiger charge is 2.22. The monoisotopic (exact) mass is 470 g/mol. The molecular formula is C24H23ClN2O4S. The molecule has 8 heteroatoms. The smallest absolute Gasteiger partial charge is 0.255 e. The Morgan fingerprint density at radius 3 is 2.09 bits per heavy atom. The first-order valence-corrected chi connectivity index (χ1v) is 11.9. The van der Waals surface area contributed by atoms with E-state index in [2.05, 4.69) is 5.32 Å². The van der Waals surface area contributed by atoms with E-state index in [0.717, 1.165) is 0 Å². The lowest BCUT2D eigenvalue weighted by molar-refractivity contribution is 0.102. The van der Waals surface area contributed by atoms with Gasteiger partial charge in [-0.15, -0.1) is 0 Å². The number of anilines is 1. The molecule has 1 N–H and O–H groups in total. The molecule has 3 aromatic carbocycles. The third kappa shape index (κ3) is 5.07. The van der Waals surface area contributed by atoms with E-state index in [1.54, 1.807) is 50.2 Å². The van der Waals surface area contributed by atoms with E-state index in [-0.39, 0.29) is 21.8 Å². The van der Waals surface area contributed by atoms with Crippen LogP contribution in [0, 0.1) is 0 Å². The molecule has 0 radical (unpaired) electrons. The summed E-state index contributed by atoms with van der Waals surface area (Å²) in [5.74, 6) is -0.745. The van der Waals surface area contributed by atoms with Crippen molar-refractivity contribution < 1.29 is 18.0 Å². The molecule has 0 heterocycles. The lowest BCUT2D eigenvalue weighted by Crippen LogP contribution is -2.30. The van der Waals surface area contributed by atoms with Crippen LogP contribution in [0.3, 0.4) is 0 Å². The number of carbonyl (C=O) groups is 2. The van der Waals surface area contributed by atoms with Gasteiger partial charge in [0.2, 0.25) is 10.0 Å². The van der Waals surface area contributed by atoms with Gasteiger partial charge in [0.25, 0.3) is 5.91 Å². The van der Waals surface area contributed by atoms with Crippen LogP contribution in [0.4, 0.5) is 5.69 Å². The molecule has 0 spiro atoms. The zero-order valence-electron chi connectivity index (χ0n) is 17.7. The predicted molar refractivity (Wildman–Crippen MR) is 126 cm³/mol. The van der Waals surface area contributed by atoms with Gasteiger partial charge in [-0.2, -0.15) is 4.31 Å². The van der Waals surface area contributed by atoms with Crippen LogP contribution in [0.25, 0.3) is 0 Å². The number of hydrogen-bond acceptors (Lipinski definition) is 4. The zero-order chi connectivity index (χ0) is 23.3. The minimum Gasteiger partial charge on any atom is -0.321 e.